The second kappa shape index (κ2) is 6.02. The van der Waals surface area contributed by atoms with Crippen LogP contribution < -0.4 is 4.74 Å². The van der Waals surface area contributed by atoms with Gasteiger partial charge in [0, 0.05) is 5.56 Å². The lowest BCUT2D eigenvalue weighted by Gasteiger charge is -2.19. The van der Waals surface area contributed by atoms with E-state index in [0.29, 0.717) is 12.4 Å². The molecule has 1 aromatic rings. The van der Waals surface area contributed by atoms with Crippen LogP contribution in [0.4, 0.5) is 0 Å². The molecule has 1 atom stereocenters. The van der Waals surface area contributed by atoms with Crippen LogP contribution in [0.1, 0.15) is 50.8 Å². The van der Waals surface area contributed by atoms with E-state index in [1.165, 1.54) is 0 Å². The van der Waals surface area contributed by atoms with Crippen LogP contribution in [0.3, 0.4) is 0 Å². The third-order valence-electron chi connectivity index (χ3n) is 3.58. The minimum absolute atomic E-state index is 0.250. The Bertz CT molecular complexity index is 468. The van der Waals surface area contributed by atoms with Gasteiger partial charge >= 0.3 is 0 Å². The van der Waals surface area contributed by atoms with Crippen LogP contribution in [0.15, 0.2) is 12.1 Å². The Balaban J connectivity index is 2.31. The predicted octanol–water partition coefficient (Wildman–Crippen LogP) is 3.57. The number of ether oxygens (including phenoxy) is 3. The molecule has 1 saturated heterocycles. The standard InChI is InChI=1S/C16H24O4/c1-5-6-7-11-8-12(18-4)9-13(15(11)17)14-10-19-16(2,3)20-14/h8-9,14,17H,5-7,10H2,1-4H3/t14-/m1/s1. The first kappa shape index (κ1) is 15.1. The Morgan fingerprint density at radius 2 is 2.15 bits per heavy atom. The number of phenolic OH excluding ortho intramolecular Hbond substituents is 1. The van der Waals surface area contributed by atoms with Crippen molar-refractivity contribution < 1.29 is 19.3 Å². The minimum atomic E-state index is -0.607. The number of aromatic hydroxyl groups is 1. The summed E-state index contributed by atoms with van der Waals surface area (Å²) in [6.07, 6.45) is 2.71. The van der Waals surface area contributed by atoms with Gasteiger partial charge in [-0.15, -0.1) is 0 Å². The molecular formula is C16H24O4. The van der Waals surface area contributed by atoms with Gasteiger partial charge in [-0.25, -0.2) is 0 Å². The van der Waals surface area contributed by atoms with Crippen LogP contribution in [-0.2, 0) is 15.9 Å². The van der Waals surface area contributed by atoms with Gasteiger partial charge in [0.05, 0.1) is 13.7 Å². The van der Waals surface area contributed by atoms with Gasteiger partial charge in [-0.1, -0.05) is 13.3 Å². The first-order chi connectivity index (χ1) is 9.46. The molecule has 1 aliphatic heterocycles. The molecule has 0 aliphatic carbocycles. The third-order valence-corrected chi connectivity index (χ3v) is 3.58. The van der Waals surface area contributed by atoms with Gasteiger partial charge in [-0.2, -0.15) is 0 Å². The molecule has 1 N–H and O–H groups in total. The minimum Gasteiger partial charge on any atom is -0.507 e. The molecular weight excluding hydrogens is 256 g/mol. The van der Waals surface area contributed by atoms with Crippen LogP contribution in [0.2, 0.25) is 0 Å². The van der Waals surface area contributed by atoms with Gasteiger partial charge in [0.15, 0.2) is 5.79 Å². The summed E-state index contributed by atoms with van der Waals surface area (Å²) in [6, 6.07) is 3.73. The molecule has 0 radical (unpaired) electrons. The van der Waals surface area contributed by atoms with E-state index in [0.717, 1.165) is 36.1 Å². The Morgan fingerprint density at radius 1 is 1.40 bits per heavy atom. The lowest BCUT2D eigenvalue weighted by molar-refractivity contribution is -0.139. The molecule has 112 valence electrons. The summed E-state index contributed by atoms with van der Waals surface area (Å²) in [5.41, 5.74) is 1.66. The molecule has 0 bridgehead atoms. The Kier molecular flexibility index (Phi) is 4.55. The van der Waals surface area contributed by atoms with Crippen molar-refractivity contribution in [1.29, 1.82) is 0 Å². The Morgan fingerprint density at radius 3 is 2.70 bits per heavy atom. The molecule has 0 saturated carbocycles. The molecule has 0 aromatic heterocycles. The predicted molar refractivity (Wildman–Crippen MR) is 77.1 cm³/mol. The van der Waals surface area contributed by atoms with Crippen molar-refractivity contribution >= 4 is 0 Å². The van der Waals surface area contributed by atoms with Gasteiger partial charge in [0.1, 0.15) is 17.6 Å². The van der Waals surface area contributed by atoms with E-state index >= 15 is 0 Å². The molecule has 0 unspecified atom stereocenters. The summed E-state index contributed by atoms with van der Waals surface area (Å²) in [7, 11) is 1.63. The topological polar surface area (TPSA) is 47.9 Å². The van der Waals surface area contributed by atoms with Crippen molar-refractivity contribution in [2.75, 3.05) is 13.7 Å². The van der Waals surface area contributed by atoms with E-state index in [1.807, 2.05) is 26.0 Å². The van der Waals surface area contributed by atoms with E-state index in [1.54, 1.807) is 7.11 Å². The number of methoxy groups -OCH3 is 1. The van der Waals surface area contributed by atoms with Gasteiger partial charge in [0.25, 0.3) is 0 Å². The van der Waals surface area contributed by atoms with E-state index in [4.69, 9.17) is 14.2 Å². The SMILES string of the molecule is CCCCc1cc(OC)cc([C@H]2COC(C)(C)O2)c1O. The summed E-state index contributed by atoms with van der Waals surface area (Å²) in [6.45, 7) is 6.33. The molecule has 1 fully saturated rings. The van der Waals surface area contributed by atoms with E-state index in [-0.39, 0.29) is 6.10 Å². The summed E-state index contributed by atoms with van der Waals surface area (Å²) in [5.74, 6) is 0.451. The fraction of sp³-hybridized carbons (Fsp3) is 0.625. The summed E-state index contributed by atoms with van der Waals surface area (Å²) >= 11 is 0. The van der Waals surface area contributed by atoms with Crippen LogP contribution in [0.5, 0.6) is 11.5 Å². The molecule has 4 nitrogen and oxygen atoms in total. The average Bonchev–Trinajstić information content (AvgIpc) is 2.77. The smallest absolute Gasteiger partial charge is 0.163 e. The fourth-order valence-electron chi connectivity index (χ4n) is 2.45. The normalized spacial score (nSPS) is 21.1. The van der Waals surface area contributed by atoms with Gasteiger partial charge in [0.2, 0.25) is 0 Å². The van der Waals surface area contributed by atoms with Crippen LogP contribution in [0, 0.1) is 0 Å². The van der Waals surface area contributed by atoms with E-state index in [2.05, 4.69) is 6.92 Å². The molecule has 1 heterocycles. The monoisotopic (exact) mass is 280 g/mol. The molecule has 1 aromatic carbocycles. The van der Waals surface area contributed by atoms with Crippen LogP contribution in [-0.4, -0.2) is 24.6 Å². The van der Waals surface area contributed by atoms with Crippen molar-refractivity contribution in [2.45, 2.75) is 51.9 Å². The van der Waals surface area contributed by atoms with Crippen molar-refractivity contribution in [2.24, 2.45) is 0 Å². The van der Waals surface area contributed by atoms with Gasteiger partial charge in [-0.05, 0) is 44.4 Å². The summed E-state index contributed by atoms with van der Waals surface area (Å²) < 4.78 is 16.8. The third kappa shape index (κ3) is 3.25. The Labute approximate surface area is 120 Å². The number of unbranched alkanes of at least 4 members (excludes halogenated alkanes) is 1. The number of hydrogen-bond acceptors (Lipinski definition) is 4. The fourth-order valence-corrected chi connectivity index (χ4v) is 2.45. The summed E-state index contributed by atoms with van der Waals surface area (Å²) in [5, 5.41) is 10.5. The highest BCUT2D eigenvalue weighted by molar-refractivity contribution is 5.48. The highest BCUT2D eigenvalue weighted by Gasteiger charge is 2.35. The second-order valence-electron chi connectivity index (χ2n) is 5.65. The van der Waals surface area contributed by atoms with Gasteiger partial charge in [-0.3, -0.25) is 0 Å². The zero-order valence-corrected chi connectivity index (χ0v) is 12.7. The lowest BCUT2D eigenvalue weighted by atomic mass is 10.00. The zero-order valence-electron chi connectivity index (χ0n) is 12.7. The quantitative estimate of drug-likeness (QED) is 0.895. The first-order valence-electron chi connectivity index (χ1n) is 7.18. The molecule has 20 heavy (non-hydrogen) atoms. The van der Waals surface area contributed by atoms with Crippen molar-refractivity contribution in [1.82, 2.24) is 0 Å². The molecule has 1 aliphatic rings. The van der Waals surface area contributed by atoms with Crippen molar-refractivity contribution in [3.63, 3.8) is 0 Å². The Hall–Kier alpha value is -1.26. The molecule has 0 spiro atoms. The second-order valence-corrected chi connectivity index (χ2v) is 5.65. The maximum Gasteiger partial charge on any atom is 0.163 e. The number of hydrogen-bond donors (Lipinski definition) is 1. The molecule has 0 amide bonds. The number of phenols is 1. The largest absolute Gasteiger partial charge is 0.507 e. The molecule has 2 rings (SSSR count). The molecule has 4 heteroatoms. The first-order valence-corrected chi connectivity index (χ1v) is 7.18. The maximum atomic E-state index is 10.5. The van der Waals surface area contributed by atoms with Crippen molar-refractivity contribution in [3.8, 4) is 11.5 Å². The maximum absolute atomic E-state index is 10.5. The average molecular weight is 280 g/mol. The number of aryl methyl sites for hydroxylation is 1. The van der Waals surface area contributed by atoms with Crippen LogP contribution in [0.25, 0.3) is 0 Å². The van der Waals surface area contributed by atoms with Crippen molar-refractivity contribution in [3.05, 3.63) is 23.3 Å². The van der Waals surface area contributed by atoms with Gasteiger partial charge < -0.3 is 19.3 Å². The number of rotatable bonds is 5. The zero-order chi connectivity index (χ0) is 14.8. The summed E-state index contributed by atoms with van der Waals surface area (Å²) in [4.78, 5) is 0. The highest BCUT2D eigenvalue weighted by atomic mass is 16.7. The lowest BCUT2D eigenvalue weighted by Crippen LogP contribution is -2.19. The number of benzene rings is 1. The van der Waals surface area contributed by atoms with E-state index in [9.17, 15) is 5.11 Å². The highest BCUT2D eigenvalue weighted by Crippen LogP contribution is 2.40. The van der Waals surface area contributed by atoms with E-state index < -0.39 is 5.79 Å². The van der Waals surface area contributed by atoms with Crippen LogP contribution >= 0.6 is 0 Å².